The Morgan fingerprint density at radius 3 is 3.00 bits per heavy atom. The van der Waals surface area contributed by atoms with Crippen molar-refractivity contribution < 1.29 is 13.9 Å². The van der Waals surface area contributed by atoms with Gasteiger partial charge in [0.15, 0.2) is 17.3 Å². The van der Waals surface area contributed by atoms with Crippen LogP contribution in [0.4, 0.5) is 0 Å². The number of nitrogens with one attached hydrogen (secondary N) is 2. The lowest BCUT2D eigenvalue weighted by atomic mass is 10.2. The molecule has 7 heteroatoms. The topological polar surface area (TPSA) is 93.0 Å². The molecule has 0 spiro atoms. The van der Waals surface area contributed by atoms with E-state index < -0.39 is 0 Å². The van der Waals surface area contributed by atoms with Crippen molar-refractivity contribution in [1.29, 1.82) is 0 Å². The number of carbonyl (C=O) groups excluding carboxylic acids is 1. The van der Waals surface area contributed by atoms with Gasteiger partial charge in [-0.15, -0.1) is 0 Å². The molecule has 0 unspecified atom stereocenters. The number of aromatic amines is 1. The van der Waals surface area contributed by atoms with E-state index in [1.165, 1.54) is 0 Å². The van der Waals surface area contributed by atoms with Crippen molar-refractivity contribution in [3.05, 3.63) is 29.7 Å². The molecule has 2 heterocycles. The molecule has 2 atom stereocenters. The molecule has 1 saturated carbocycles. The van der Waals surface area contributed by atoms with Gasteiger partial charge >= 0.3 is 0 Å². The Balaban J connectivity index is 1.66. The van der Waals surface area contributed by atoms with Gasteiger partial charge in [-0.3, -0.25) is 9.89 Å². The molecule has 2 aromatic heterocycles. The van der Waals surface area contributed by atoms with E-state index >= 15 is 0 Å². The Morgan fingerprint density at radius 1 is 1.48 bits per heavy atom. The third-order valence-corrected chi connectivity index (χ3v) is 3.65. The maximum atomic E-state index is 12.3. The van der Waals surface area contributed by atoms with Crippen LogP contribution in [0, 0.1) is 13.8 Å². The van der Waals surface area contributed by atoms with Gasteiger partial charge in [-0.2, -0.15) is 5.10 Å². The highest BCUT2D eigenvalue weighted by Crippen LogP contribution is 2.24. The number of aromatic nitrogens is 3. The first-order valence-corrected chi connectivity index (χ1v) is 7.04. The van der Waals surface area contributed by atoms with Gasteiger partial charge in [0.25, 0.3) is 5.91 Å². The van der Waals surface area contributed by atoms with Crippen molar-refractivity contribution in [2.45, 2.75) is 45.3 Å². The van der Waals surface area contributed by atoms with E-state index in [2.05, 4.69) is 20.5 Å². The zero-order valence-corrected chi connectivity index (χ0v) is 12.0. The second-order valence-corrected chi connectivity index (χ2v) is 5.24. The Bertz CT molecular complexity index is 620. The van der Waals surface area contributed by atoms with Crippen LogP contribution in [0.1, 0.15) is 41.4 Å². The molecule has 0 radical (unpaired) electrons. The van der Waals surface area contributed by atoms with Crippen LogP contribution in [-0.2, 0) is 0 Å². The number of aryl methyl sites for hydroxylation is 2. The molecule has 7 nitrogen and oxygen atoms in total. The Labute approximate surface area is 122 Å². The van der Waals surface area contributed by atoms with Gasteiger partial charge in [0.1, 0.15) is 11.9 Å². The van der Waals surface area contributed by atoms with E-state index in [0.29, 0.717) is 23.1 Å². The Morgan fingerprint density at radius 2 is 2.33 bits per heavy atom. The molecule has 112 valence electrons. The lowest BCUT2D eigenvalue weighted by Crippen LogP contribution is -2.42. The quantitative estimate of drug-likeness (QED) is 0.894. The number of amides is 1. The van der Waals surface area contributed by atoms with Gasteiger partial charge in [-0.05, 0) is 26.2 Å². The van der Waals surface area contributed by atoms with Gasteiger partial charge < -0.3 is 14.5 Å². The average molecular weight is 290 g/mol. The molecule has 2 N–H and O–H groups in total. The molecular formula is C14H18N4O3. The van der Waals surface area contributed by atoms with Crippen LogP contribution >= 0.6 is 0 Å². The minimum absolute atomic E-state index is 0.0243. The number of nitrogens with zero attached hydrogens (tertiary/aromatic N) is 2. The zero-order chi connectivity index (χ0) is 14.8. The van der Waals surface area contributed by atoms with Crippen molar-refractivity contribution >= 4 is 5.91 Å². The first-order valence-electron chi connectivity index (χ1n) is 7.04. The number of hydrogen-bond donors (Lipinski definition) is 2. The summed E-state index contributed by atoms with van der Waals surface area (Å²) < 4.78 is 11.1. The van der Waals surface area contributed by atoms with Gasteiger partial charge in [0, 0.05) is 6.92 Å². The third kappa shape index (κ3) is 2.91. The summed E-state index contributed by atoms with van der Waals surface area (Å²) in [7, 11) is 0. The molecule has 21 heavy (non-hydrogen) atoms. The van der Waals surface area contributed by atoms with Crippen molar-refractivity contribution in [1.82, 2.24) is 20.5 Å². The fourth-order valence-corrected chi connectivity index (χ4v) is 2.69. The van der Waals surface area contributed by atoms with E-state index in [9.17, 15) is 4.79 Å². The zero-order valence-electron chi connectivity index (χ0n) is 12.0. The minimum atomic E-state index is -0.211. The second kappa shape index (κ2) is 5.59. The maximum absolute atomic E-state index is 12.3. The van der Waals surface area contributed by atoms with Gasteiger partial charge in [-0.1, -0.05) is 0 Å². The molecule has 1 fully saturated rings. The largest absolute Gasteiger partial charge is 0.485 e. The van der Waals surface area contributed by atoms with Crippen molar-refractivity contribution in [2.75, 3.05) is 0 Å². The van der Waals surface area contributed by atoms with Crippen molar-refractivity contribution in [3.63, 3.8) is 0 Å². The molecular weight excluding hydrogens is 272 g/mol. The number of hydrogen-bond acceptors (Lipinski definition) is 5. The lowest BCUT2D eigenvalue weighted by Gasteiger charge is -2.21. The molecule has 1 aliphatic carbocycles. The standard InChI is InChI=1S/C14H18N4O3/c1-8-13(17-9(2)20-8)14(19)18-11-4-3-5-12(11)21-10-6-15-16-7-10/h6-7,11-12H,3-5H2,1-2H3,(H,15,16)(H,18,19)/t11-,12+/m0/s1. The van der Waals surface area contributed by atoms with Crippen LogP contribution in [0.2, 0.25) is 0 Å². The monoisotopic (exact) mass is 290 g/mol. The third-order valence-electron chi connectivity index (χ3n) is 3.65. The molecule has 1 aliphatic rings. The molecule has 0 saturated heterocycles. The van der Waals surface area contributed by atoms with Gasteiger partial charge in [-0.25, -0.2) is 4.98 Å². The van der Waals surface area contributed by atoms with E-state index in [1.807, 2.05) is 0 Å². The highest BCUT2D eigenvalue weighted by molar-refractivity contribution is 5.93. The molecule has 0 aromatic carbocycles. The molecule has 0 bridgehead atoms. The number of oxazole rings is 1. The van der Waals surface area contributed by atoms with Crippen molar-refractivity contribution in [2.24, 2.45) is 0 Å². The summed E-state index contributed by atoms with van der Waals surface area (Å²) in [5, 5.41) is 9.56. The van der Waals surface area contributed by atoms with Crippen LogP contribution in [0.25, 0.3) is 0 Å². The molecule has 3 rings (SSSR count). The van der Waals surface area contributed by atoms with Gasteiger partial charge in [0.05, 0.1) is 18.4 Å². The predicted molar refractivity (Wildman–Crippen MR) is 74.1 cm³/mol. The number of carbonyl (C=O) groups is 1. The van der Waals surface area contributed by atoms with E-state index in [-0.39, 0.29) is 18.1 Å². The fraction of sp³-hybridized carbons (Fsp3) is 0.500. The van der Waals surface area contributed by atoms with E-state index in [0.717, 1.165) is 19.3 Å². The highest BCUT2D eigenvalue weighted by atomic mass is 16.5. The average Bonchev–Trinajstić information content (AvgIpc) is 3.14. The SMILES string of the molecule is Cc1nc(C(=O)N[C@H]2CCC[C@H]2Oc2cn[nH]c2)c(C)o1. The van der Waals surface area contributed by atoms with E-state index in [1.54, 1.807) is 26.2 Å². The van der Waals surface area contributed by atoms with Crippen molar-refractivity contribution in [3.8, 4) is 5.75 Å². The summed E-state index contributed by atoms with van der Waals surface area (Å²) in [5.74, 6) is 1.51. The first-order chi connectivity index (χ1) is 10.1. The highest BCUT2D eigenvalue weighted by Gasteiger charge is 2.31. The van der Waals surface area contributed by atoms with Gasteiger partial charge in [0.2, 0.25) is 0 Å². The smallest absolute Gasteiger partial charge is 0.273 e. The van der Waals surface area contributed by atoms with E-state index in [4.69, 9.17) is 9.15 Å². The fourth-order valence-electron chi connectivity index (χ4n) is 2.69. The van der Waals surface area contributed by atoms with Crippen LogP contribution in [0.15, 0.2) is 16.8 Å². The number of ether oxygens (including phenoxy) is 1. The Kier molecular flexibility index (Phi) is 3.64. The van der Waals surface area contributed by atoms with Crippen LogP contribution < -0.4 is 10.1 Å². The Hall–Kier alpha value is -2.31. The van der Waals surface area contributed by atoms with Crippen LogP contribution in [0.5, 0.6) is 5.75 Å². The summed E-state index contributed by atoms with van der Waals surface area (Å²) in [5.41, 5.74) is 0.349. The summed E-state index contributed by atoms with van der Waals surface area (Å²) in [6.45, 7) is 3.47. The first kappa shape index (κ1) is 13.7. The molecule has 2 aromatic rings. The summed E-state index contributed by atoms with van der Waals surface area (Å²) in [4.78, 5) is 16.4. The summed E-state index contributed by atoms with van der Waals surface area (Å²) in [6, 6.07) is -0.0243. The molecule has 0 aliphatic heterocycles. The summed E-state index contributed by atoms with van der Waals surface area (Å²) in [6.07, 6.45) is 6.10. The van der Waals surface area contributed by atoms with Crippen LogP contribution in [0.3, 0.4) is 0 Å². The number of rotatable bonds is 4. The molecule has 1 amide bonds. The predicted octanol–water partition coefficient (Wildman–Crippen LogP) is 1.74. The van der Waals surface area contributed by atoms with Crippen LogP contribution in [-0.4, -0.2) is 33.2 Å². The number of H-pyrrole nitrogens is 1. The minimum Gasteiger partial charge on any atom is -0.485 e. The maximum Gasteiger partial charge on any atom is 0.273 e. The normalized spacial score (nSPS) is 21.4. The second-order valence-electron chi connectivity index (χ2n) is 5.24. The lowest BCUT2D eigenvalue weighted by molar-refractivity contribution is 0.0888. The summed E-state index contributed by atoms with van der Waals surface area (Å²) >= 11 is 0.